The van der Waals surface area contributed by atoms with Gasteiger partial charge < -0.3 is 22.5 Å². The third-order valence-corrected chi connectivity index (χ3v) is 3.36. The Hall–Kier alpha value is -1.06. The first kappa shape index (κ1) is 15.0. The summed E-state index contributed by atoms with van der Waals surface area (Å²) < 4.78 is 4.94. The Kier molecular flexibility index (Phi) is 6.16. The Labute approximate surface area is 114 Å². The minimum atomic E-state index is -0.179. The second-order valence-electron chi connectivity index (χ2n) is 4.47. The molecule has 1 heterocycles. The fraction of sp³-hybridized carbons (Fsp3) is 0.500. The number of esters is 1. The lowest BCUT2D eigenvalue weighted by Gasteiger charge is -2.29. The molecular formula is C14H19ClNO2-. The van der Waals surface area contributed by atoms with Crippen LogP contribution < -0.4 is 17.7 Å². The van der Waals surface area contributed by atoms with Gasteiger partial charge in [-0.05, 0) is 24.9 Å². The summed E-state index contributed by atoms with van der Waals surface area (Å²) in [7, 11) is 1.46. The standard InChI is InChI=1S/C14H19NO2.ClH/c1-17-14(16)13(11-7-3-2-4-8-11)12-9-5-6-10-15-12;/h2-4,7-8,12-13,15H,5-6,9-10H2,1H3;1H/p-1. The van der Waals surface area contributed by atoms with Crippen molar-refractivity contribution in [1.29, 1.82) is 0 Å². The van der Waals surface area contributed by atoms with E-state index in [2.05, 4.69) is 5.32 Å². The third kappa shape index (κ3) is 3.47. The van der Waals surface area contributed by atoms with Gasteiger partial charge >= 0.3 is 5.97 Å². The molecule has 2 rings (SSSR count). The van der Waals surface area contributed by atoms with Crippen LogP contribution in [0.15, 0.2) is 30.3 Å². The van der Waals surface area contributed by atoms with Crippen LogP contribution in [0.1, 0.15) is 30.7 Å². The van der Waals surface area contributed by atoms with Crippen molar-refractivity contribution in [3.8, 4) is 0 Å². The van der Waals surface area contributed by atoms with E-state index in [1.807, 2.05) is 30.3 Å². The number of hydrogen-bond acceptors (Lipinski definition) is 3. The second kappa shape index (κ2) is 7.39. The molecule has 100 valence electrons. The van der Waals surface area contributed by atoms with Crippen LogP contribution >= 0.6 is 0 Å². The number of carbonyl (C=O) groups excluding carboxylic acids is 1. The van der Waals surface area contributed by atoms with E-state index in [1.165, 1.54) is 20.0 Å². The molecule has 2 unspecified atom stereocenters. The summed E-state index contributed by atoms with van der Waals surface area (Å²) in [5, 5.41) is 3.43. The van der Waals surface area contributed by atoms with Gasteiger partial charge in [0.25, 0.3) is 0 Å². The van der Waals surface area contributed by atoms with E-state index < -0.39 is 0 Å². The van der Waals surface area contributed by atoms with Crippen molar-refractivity contribution in [3.63, 3.8) is 0 Å². The smallest absolute Gasteiger partial charge is 0.314 e. The van der Waals surface area contributed by atoms with Gasteiger partial charge in [-0.1, -0.05) is 36.8 Å². The van der Waals surface area contributed by atoms with E-state index in [9.17, 15) is 4.79 Å². The number of halogens is 1. The van der Waals surface area contributed by atoms with E-state index in [0.717, 1.165) is 18.5 Å². The van der Waals surface area contributed by atoms with Gasteiger partial charge in [0, 0.05) is 6.04 Å². The predicted octanol–water partition coefficient (Wildman–Crippen LogP) is -0.911. The summed E-state index contributed by atoms with van der Waals surface area (Å²) in [5.41, 5.74) is 1.04. The highest BCUT2D eigenvalue weighted by atomic mass is 35.5. The largest absolute Gasteiger partial charge is 1.00 e. The normalized spacial score (nSPS) is 20.6. The van der Waals surface area contributed by atoms with Crippen LogP contribution in [0.3, 0.4) is 0 Å². The summed E-state index contributed by atoms with van der Waals surface area (Å²) >= 11 is 0. The van der Waals surface area contributed by atoms with Crippen molar-refractivity contribution in [1.82, 2.24) is 5.32 Å². The fourth-order valence-corrected chi connectivity index (χ4v) is 2.48. The molecule has 3 nitrogen and oxygen atoms in total. The number of methoxy groups -OCH3 is 1. The molecule has 4 heteroatoms. The molecule has 1 aliphatic rings. The molecule has 1 fully saturated rings. The van der Waals surface area contributed by atoms with Crippen molar-refractivity contribution >= 4 is 5.97 Å². The molecule has 2 atom stereocenters. The first-order chi connectivity index (χ1) is 8.33. The first-order valence-electron chi connectivity index (χ1n) is 6.19. The average Bonchev–Trinajstić information content (AvgIpc) is 2.41. The van der Waals surface area contributed by atoms with Crippen molar-refractivity contribution in [3.05, 3.63) is 35.9 Å². The van der Waals surface area contributed by atoms with Gasteiger partial charge in [0.1, 0.15) is 0 Å². The molecule has 1 aromatic rings. The first-order valence-corrected chi connectivity index (χ1v) is 6.19. The topological polar surface area (TPSA) is 38.3 Å². The lowest BCUT2D eigenvalue weighted by atomic mass is 9.86. The predicted molar refractivity (Wildman–Crippen MR) is 66.8 cm³/mol. The number of nitrogens with one attached hydrogen (secondary N) is 1. The quantitative estimate of drug-likeness (QED) is 0.722. The summed E-state index contributed by atoms with van der Waals surface area (Å²) in [4.78, 5) is 11.9. The van der Waals surface area contributed by atoms with E-state index in [0.29, 0.717) is 0 Å². The minimum Gasteiger partial charge on any atom is -1.00 e. The molecule has 1 N–H and O–H groups in total. The SMILES string of the molecule is COC(=O)C(c1ccccc1)C1CCCCN1.[Cl-]. The Bertz CT molecular complexity index is 363. The monoisotopic (exact) mass is 268 g/mol. The van der Waals surface area contributed by atoms with Crippen LogP contribution in [0, 0.1) is 0 Å². The summed E-state index contributed by atoms with van der Waals surface area (Å²) in [5.74, 6) is -0.322. The molecule has 1 aliphatic heterocycles. The van der Waals surface area contributed by atoms with Crippen LogP contribution in [0.2, 0.25) is 0 Å². The zero-order valence-electron chi connectivity index (χ0n) is 10.6. The Balaban J connectivity index is 0.00000162. The van der Waals surface area contributed by atoms with Gasteiger partial charge in [0.15, 0.2) is 0 Å². The van der Waals surface area contributed by atoms with Crippen molar-refractivity contribution in [2.24, 2.45) is 0 Å². The molecule has 0 amide bonds. The van der Waals surface area contributed by atoms with Crippen LogP contribution in [-0.2, 0) is 9.53 Å². The minimum absolute atomic E-state index is 0. The summed E-state index contributed by atoms with van der Waals surface area (Å²) in [6.45, 7) is 0.991. The number of hydrogen-bond donors (Lipinski definition) is 1. The zero-order valence-corrected chi connectivity index (χ0v) is 11.3. The highest BCUT2D eigenvalue weighted by Crippen LogP contribution is 2.26. The van der Waals surface area contributed by atoms with Gasteiger partial charge in [-0.2, -0.15) is 0 Å². The molecule has 0 aromatic heterocycles. The van der Waals surface area contributed by atoms with Crippen LogP contribution in [0.5, 0.6) is 0 Å². The molecule has 0 aliphatic carbocycles. The number of rotatable bonds is 3. The molecular weight excluding hydrogens is 250 g/mol. The molecule has 0 spiro atoms. The van der Waals surface area contributed by atoms with Crippen molar-refractivity contribution in [2.75, 3.05) is 13.7 Å². The lowest BCUT2D eigenvalue weighted by molar-refractivity contribution is -0.143. The van der Waals surface area contributed by atoms with Crippen LogP contribution in [-0.4, -0.2) is 25.7 Å². The second-order valence-corrected chi connectivity index (χ2v) is 4.47. The Morgan fingerprint density at radius 2 is 2.06 bits per heavy atom. The number of ether oxygens (including phenoxy) is 1. The Morgan fingerprint density at radius 1 is 1.33 bits per heavy atom. The zero-order chi connectivity index (χ0) is 12.1. The maximum atomic E-state index is 11.9. The van der Waals surface area contributed by atoms with E-state index in [-0.39, 0.29) is 30.3 Å². The van der Waals surface area contributed by atoms with Crippen molar-refractivity contribution in [2.45, 2.75) is 31.2 Å². The van der Waals surface area contributed by atoms with Crippen LogP contribution in [0.25, 0.3) is 0 Å². The molecule has 0 saturated carbocycles. The third-order valence-electron chi connectivity index (χ3n) is 3.36. The average molecular weight is 269 g/mol. The number of carbonyl (C=O) groups is 1. The van der Waals surface area contributed by atoms with Crippen LogP contribution in [0.4, 0.5) is 0 Å². The summed E-state index contributed by atoms with van der Waals surface area (Å²) in [6.07, 6.45) is 3.41. The highest BCUT2D eigenvalue weighted by Gasteiger charge is 2.31. The molecule has 18 heavy (non-hydrogen) atoms. The van der Waals surface area contributed by atoms with Gasteiger partial charge in [-0.15, -0.1) is 0 Å². The molecule has 0 radical (unpaired) electrons. The van der Waals surface area contributed by atoms with Gasteiger partial charge in [0.05, 0.1) is 13.0 Å². The number of benzene rings is 1. The Morgan fingerprint density at radius 3 is 2.61 bits per heavy atom. The maximum Gasteiger partial charge on any atom is 0.314 e. The van der Waals surface area contributed by atoms with Gasteiger partial charge in [-0.3, -0.25) is 4.79 Å². The molecule has 1 aromatic carbocycles. The molecule has 1 saturated heterocycles. The lowest BCUT2D eigenvalue weighted by Crippen LogP contribution is -3.00. The fourth-order valence-electron chi connectivity index (χ4n) is 2.48. The number of piperidine rings is 1. The van der Waals surface area contributed by atoms with E-state index >= 15 is 0 Å². The van der Waals surface area contributed by atoms with Gasteiger partial charge in [0.2, 0.25) is 0 Å². The van der Waals surface area contributed by atoms with Crippen molar-refractivity contribution < 1.29 is 21.9 Å². The van der Waals surface area contributed by atoms with Gasteiger partial charge in [-0.25, -0.2) is 0 Å². The molecule has 0 bridgehead atoms. The van der Waals surface area contributed by atoms with E-state index in [1.54, 1.807) is 0 Å². The van der Waals surface area contributed by atoms with E-state index in [4.69, 9.17) is 4.74 Å². The maximum absolute atomic E-state index is 11.9. The highest BCUT2D eigenvalue weighted by molar-refractivity contribution is 5.79. The summed E-state index contributed by atoms with van der Waals surface area (Å²) in [6, 6.07) is 10.1.